The average Bonchev–Trinajstić information content (AvgIpc) is 3.19. The maximum absolute atomic E-state index is 13.9. The van der Waals surface area contributed by atoms with Crippen LogP contribution in [0, 0.1) is 5.41 Å². The molecule has 0 aliphatic carbocycles. The summed E-state index contributed by atoms with van der Waals surface area (Å²) in [6, 6.07) is 12.7. The highest BCUT2D eigenvalue weighted by Crippen LogP contribution is 2.44. The molecule has 4 aromatic rings. The molecule has 1 spiro atoms. The lowest BCUT2D eigenvalue weighted by Crippen LogP contribution is -2.64. The number of aromatic nitrogens is 4. The number of piperidine rings is 1. The first kappa shape index (κ1) is 23.4. The van der Waals surface area contributed by atoms with Gasteiger partial charge in [0, 0.05) is 57.2 Å². The van der Waals surface area contributed by atoms with Gasteiger partial charge in [-0.15, -0.1) is 0 Å². The first-order chi connectivity index (χ1) is 17.8. The molecule has 190 valence electrons. The lowest BCUT2D eigenvalue weighted by molar-refractivity contribution is -0.140. The first-order valence-electron chi connectivity index (χ1n) is 12.2. The minimum Gasteiger partial charge on any atom is -0.369 e. The van der Waals surface area contributed by atoms with Crippen molar-refractivity contribution >= 4 is 22.8 Å². The average molecular weight is 507 g/mol. The number of carbonyl (C=O) groups excluding carboxylic acids is 1. The van der Waals surface area contributed by atoms with E-state index < -0.39 is 11.9 Å². The molecule has 1 aromatic carbocycles. The molecule has 6 rings (SSSR count). The Hall–Kier alpha value is -3.95. The van der Waals surface area contributed by atoms with E-state index in [1.807, 2.05) is 41.9 Å². The summed E-state index contributed by atoms with van der Waals surface area (Å²) in [7, 11) is 1.87. The predicted octanol–water partition coefficient (Wildman–Crippen LogP) is 4.79. The minimum absolute atomic E-state index is 0.106. The Kier molecular flexibility index (Phi) is 5.43. The number of hydrogen-bond acceptors (Lipinski definition) is 5. The second-order valence-electron chi connectivity index (χ2n) is 9.93. The molecule has 0 bridgehead atoms. The summed E-state index contributed by atoms with van der Waals surface area (Å²) in [6.45, 7) is 1.94. The lowest BCUT2D eigenvalue weighted by Gasteiger charge is -2.55. The largest absolute Gasteiger partial charge is 0.435 e. The number of likely N-dealkylation sites (tertiary alicyclic amines) is 1. The van der Waals surface area contributed by atoms with Crippen LogP contribution in [0.25, 0.3) is 22.4 Å². The van der Waals surface area contributed by atoms with Gasteiger partial charge in [-0.1, -0.05) is 30.3 Å². The van der Waals surface area contributed by atoms with Crippen molar-refractivity contribution in [3.05, 3.63) is 72.3 Å². The van der Waals surface area contributed by atoms with Gasteiger partial charge in [-0.25, -0.2) is 9.97 Å². The number of benzene rings is 1. The molecule has 3 aromatic heterocycles. The van der Waals surface area contributed by atoms with E-state index in [1.165, 1.54) is 18.3 Å². The number of anilines is 1. The van der Waals surface area contributed by atoms with Crippen LogP contribution in [0.3, 0.4) is 0 Å². The number of amides is 1. The van der Waals surface area contributed by atoms with E-state index in [1.54, 1.807) is 22.2 Å². The van der Waals surface area contributed by atoms with Gasteiger partial charge in [0.05, 0.1) is 16.9 Å². The fourth-order valence-electron chi connectivity index (χ4n) is 5.88. The third kappa shape index (κ3) is 3.91. The quantitative estimate of drug-likeness (QED) is 0.400. The highest BCUT2D eigenvalue weighted by molar-refractivity contribution is 6.11. The molecule has 7 nitrogen and oxygen atoms in total. The van der Waals surface area contributed by atoms with E-state index in [-0.39, 0.29) is 17.0 Å². The maximum Gasteiger partial charge on any atom is 0.435 e. The van der Waals surface area contributed by atoms with Crippen molar-refractivity contribution in [1.82, 2.24) is 24.4 Å². The molecule has 2 fully saturated rings. The fraction of sp³-hybridized carbons (Fsp3) is 0.333. The Morgan fingerprint density at radius 3 is 2.46 bits per heavy atom. The standard InChI is InChI=1S/C27H25F3N6O/c1-34-22(18-7-3-2-4-8-18)20(21-24(34)33-13-12-31-21)25(37)36-16-26(17-36)10-6-14-35(15-26)19-9-5-11-32-23(19)27(28,29)30/h2-5,7-9,11-13H,6,10,14-17H2,1H3. The first-order valence-corrected chi connectivity index (χ1v) is 12.2. The molecule has 1 amide bonds. The van der Waals surface area contributed by atoms with E-state index in [9.17, 15) is 18.0 Å². The van der Waals surface area contributed by atoms with Crippen molar-refractivity contribution in [2.45, 2.75) is 19.0 Å². The van der Waals surface area contributed by atoms with E-state index in [2.05, 4.69) is 15.0 Å². The molecule has 0 radical (unpaired) electrons. The van der Waals surface area contributed by atoms with Crippen LogP contribution in [0.15, 0.2) is 61.1 Å². The molecule has 10 heteroatoms. The molecular formula is C27H25F3N6O. The topological polar surface area (TPSA) is 67.2 Å². The van der Waals surface area contributed by atoms with Gasteiger partial charge in [-0.3, -0.25) is 9.78 Å². The van der Waals surface area contributed by atoms with Crippen molar-refractivity contribution in [2.24, 2.45) is 12.5 Å². The van der Waals surface area contributed by atoms with Crippen LogP contribution in [0.4, 0.5) is 18.9 Å². The molecule has 0 unspecified atom stereocenters. The number of halogens is 3. The van der Waals surface area contributed by atoms with Gasteiger partial charge in [0.15, 0.2) is 11.3 Å². The van der Waals surface area contributed by atoms with Gasteiger partial charge in [0.1, 0.15) is 5.52 Å². The van der Waals surface area contributed by atoms with Crippen LogP contribution < -0.4 is 4.90 Å². The monoisotopic (exact) mass is 506 g/mol. The summed E-state index contributed by atoms with van der Waals surface area (Å²) in [6.07, 6.45) is 1.45. The Balaban J connectivity index is 1.29. The second-order valence-corrected chi connectivity index (χ2v) is 9.93. The molecule has 2 aliphatic rings. The van der Waals surface area contributed by atoms with E-state index in [0.717, 1.165) is 24.1 Å². The molecule has 2 aliphatic heterocycles. The summed E-state index contributed by atoms with van der Waals surface area (Å²) >= 11 is 0. The lowest BCUT2D eigenvalue weighted by atomic mass is 9.73. The van der Waals surface area contributed by atoms with E-state index in [0.29, 0.717) is 42.9 Å². The van der Waals surface area contributed by atoms with Gasteiger partial charge in [-0.05, 0) is 30.5 Å². The summed E-state index contributed by atoms with van der Waals surface area (Å²) in [4.78, 5) is 30.0. The third-order valence-corrected chi connectivity index (χ3v) is 7.46. The number of nitrogens with zero attached hydrogens (tertiary/aromatic N) is 6. The zero-order valence-electron chi connectivity index (χ0n) is 20.2. The van der Waals surface area contributed by atoms with E-state index in [4.69, 9.17) is 0 Å². The number of alkyl halides is 3. The van der Waals surface area contributed by atoms with Crippen molar-refractivity contribution in [3.63, 3.8) is 0 Å². The second kappa shape index (κ2) is 8.57. The molecule has 37 heavy (non-hydrogen) atoms. The summed E-state index contributed by atoms with van der Waals surface area (Å²) in [5, 5.41) is 0. The Labute approximate surface area is 211 Å². The van der Waals surface area contributed by atoms with Crippen LogP contribution in [-0.4, -0.2) is 56.5 Å². The number of hydrogen-bond donors (Lipinski definition) is 0. The number of fused-ring (bicyclic) bond motifs is 1. The molecule has 2 saturated heterocycles. The zero-order valence-corrected chi connectivity index (χ0v) is 20.2. The summed E-state index contributed by atoms with van der Waals surface area (Å²) in [5.74, 6) is -0.134. The number of rotatable bonds is 3. The van der Waals surface area contributed by atoms with Crippen molar-refractivity contribution in [1.29, 1.82) is 0 Å². The van der Waals surface area contributed by atoms with Crippen molar-refractivity contribution < 1.29 is 18.0 Å². The summed E-state index contributed by atoms with van der Waals surface area (Å²) < 4.78 is 42.7. The Morgan fingerprint density at radius 2 is 1.70 bits per heavy atom. The van der Waals surface area contributed by atoms with Crippen LogP contribution in [0.1, 0.15) is 28.9 Å². The highest BCUT2D eigenvalue weighted by Gasteiger charge is 2.49. The number of aryl methyl sites for hydroxylation is 1. The van der Waals surface area contributed by atoms with Crippen molar-refractivity contribution in [2.75, 3.05) is 31.1 Å². The van der Waals surface area contributed by atoms with Crippen LogP contribution in [0.2, 0.25) is 0 Å². The highest BCUT2D eigenvalue weighted by atomic mass is 19.4. The molecule has 5 heterocycles. The van der Waals surface area contributed by atoms with Gasteiger partial charge >= 0.3 is 6.18 Å². The third-order valence-electron chi connectivity index (χ3n) is 7.46. The molecule has 0 saturated carbocycles. The molecule has 0 N–H and O–H groups in total. The Morgan fingerprint density at radius 1 is 0.946 bits per heavy atom. The van der Waals surface area contributed by atoms with Crippen LogP contribution >= 0.6 is 0 Å². The van der Waals surface area contributed by atoms with Crippen molar-refractivity contribution in [3.8, 4) is 11.3 Å². The smallest absolute Gasteiger partial charge is 0.369 e. The number of pyridine rings is 1. The zero-order chi connectivity index (χ0) is 25.8. The summed E-state index contributed by atoms with van der Waals surface area (Å²) in [5.41, 5.74) is 2.31. The SMILES string of the molecule is Cn1c(-c2ccccc2)c(C(=O)N2CC3(CCCN(c4cccnc4C(F)(F)F)C3)C2)c2nccnc21. The molecular weight excluding hydrogens is 481 g/mol. The van der Waals surface area contributed by atoms with E-state index >= 15 is 0 Å². The minimum atomic E-state index is -4.52. The number of carbonyl (C=O) groups is 1. The van der Waals surface area contributed by atoms with Gasteiger partial charge in [0.25, 0.3) is 5.91 Å². The van der Waals surface area contributed by atoms with Gasteiger partial charge < -0.3 is 14.4 Å². The maximum atomic E-state index is 13.9. The molecule has 0 atom stereocenters. The van der Waals surface area contributed by atoms with Crippen LogP contribution in [-0.2, 0) is 13.2 Å². The predicted molar refractivity (Wildman–Crippen MR) is 133 cm³/mol. The van der Waals surface area contributed by atoms with Crippen LogP contribution in [0.5, 0.6) is 0 Å². The van der Waals surface area contributed by atoms with Gasteiger partial charge in [-0.2, -0.15) is 13.2 Å². The van der Waals surface area contributed by atoms with Gasteiger partial charge in [0.2, 0.25) is 0 Å². The normalized spacial score (nSPS) is 17.3. The fourth-order valence-corrected chi connectivity index (χ4v) is 5.88. The Bertz CT molecular complexity index is 1480.